The fourth-order valence-corrected chi connectivity index (χ4v) is 4.27. The lowest BCUT2D eigenvalue weighted by Crippen LogP contribution is -2.54. The molecule has 114 valence electrons. The minimum atomic E-state index is 0.0475. The Balaban J connectivity index is 1.53. The number of nitrogens with one attached hydrogen (secondary N) is 2. The minimum absolute atomic E-state index is 0.0475. The van der Waals surface area contributed by atoms with Crippen LogP contribution in [0.1, 0.15) is 51.9 Å². The predicted molar refractivity (Wildman–Crippen MR) is 80.6 cm³/mol. The summed E-state index contributed by atoms with van der Waals surface area (Å²) in [6.07, 6.45) is 8.50. The van der Waals surface area contributed by atoms with E-state index in [2.05, 4.69) is 22.5 Å². The van der Waals surface area contributed by atoms with Gasteiger partial charge < -0.3 is 10.6 Å². The molecule has 4 atom stereocenters. The number of amides is 1. The summed E-state index contributed by atoms with van der Waals surface area (Å²) in [5, 5.41) is 6.75. The molecule has 0 aromatic heterocycles. The highest BCUT2D eigenvalue weighted by molar-refractivity contribution is 5.82. The number of hydrogen-bond acceptors (Lipinski definition) is 3. The average molecular weight is 279 g/mol. The van der Waals surface area contributed by atoms with Gasteiger partial charge in [0.1, 0.15) is 0 Å². The molecule has 20 heavy (non-hydrogen) atoms. The molecule has 1 amide bonds. The van der Waals surface area contributed by atoms with Crippen LogP contribution in [0.25, 0.3) is 0 Å². The van der Waals surface area contributed by atoms with E-state index in [9.17, 15) is 4.79 Å². The van der Waals surface area contributed by atoms with Crippen LogP contribution in [0.2, 0.25) is 0 Å². The van der Waals surface area contributed by atoms with Crippen LogP contribution in [-0.4, -0.2) is 48.6 Å². The molecule has 0 bridgehead atoms. The van der Waals surface area contributed by atoms with Crippen LogP contribution in [0.15, 0.2) is 0 Å². The van der Waals surface area contributed by atoms with E-state index in [1.807, 2.05) is 0 Å². The molecule has 0 aromatic carbocycles. The van der Waals surface area contributed by atoms with Crippen LogP contribution in [0.4, 0.5) is 0 Å². The van der Waals surface area contributed by atoms with E-state index in [1.54, 1.807) is 0 Å². The summed E-state index contributed by atoms with van der Waals surface area (Å²) in [6.45, 7) is 5.64. The van der Waals surface area contributed by atoms with Gasteiger partial charge in [-0.25, -0.2) is 0 Å². The number of carbonyl (C=O) groups is 1. The molecule has 3 heterocycles. The standard InChI is InChI=1S/C16H29N3O/c1-2-12-6-8-17-14(11-12)16(20)18-13-7-10-19-9-4-3-5-15(13)19/h12-15,17H,2-11H2,1H3,(H,18,20). The van der Waals surface area contributed by atoms with Gasteiger partial charge in [-0.1, -0.05) is 19.8 Å². The molecule has 4 nitrogen and oxygen atoms in total. The number of nitrogens with zero attached hydrogens (tertiary/aromatic N) is 1. The number of fused-ring (bicyclic) bond motifs is 1. The smallest absolute Gasteiger partial charge is 0.237 e. The van der Waals surface area contributed by atoms with Crippen LogP contribution < -0.4 is 10.6 Å². The van der Waals surface area contributed by atoms with Gasteiger partial charge in [0.15, 0.2) is 0 Å². The molecule has 0 saturated carbocycles. The number of hydrogen-bond donors (Lipinski definition) is 2. The summed E-state index contributed by atoms with van der Waals surface area (Å²) in [5.74, 6) is 0.974. The van der Waals surface area contributed by atoms with E-state index in [0.717, 1.165) is 25.3 Å². The van der Waals surface area contributed by atoms with Crippen molar-refractivity contribution in [2.45, 2.75) is 70.0 Å². The summed E-state index contributed by atoms with van der Waals surface area (Å²) >= 11 is 0. The first-order chi connectivity index (χ1) is 9.78. The molecule has 3 aliphatic heterocycles. The van der Waals surface area contributed by atoms with E-state index >= 15 is 0 Å². The Morgan fingerprint density at radius 3 is 3.00 bits per heavy atom. The van der Waals surface area contributed by atoms with Crippen molar-refractivity contribution in [2.75, 3.05) is 19.6 Å². The van der Waals surface area contributed by atoms with Crippen LogP contribution in [0.3, 0.4) is 0 Å². The Kier molecular flexibility index (Phi) is 4.61. The lowest BCUT2D eigenvalue weighted by Gasteiger charge is -2.34. The zero-order valence-corrected chi connectivity index (χ0v) is 12.7. The number of rotatable bonds is 3. The van der Waals surface area contributed by atoms with Crippen molar-refractivity contribution in [1.82, 2.24) is 15.5 Å². The van der Waals surface area contributed by atoms with E-state index in [0.29, 0.717) is 12.1 Å². The molecule has 3 saturated heterocycles. The molecule has 0 radical (unpaired) electrons. The molecule has 2 N–H and O–H groups in total. The van der Waals surface area contributed by atoms with Crippen molar-refractivity contribution < 1.29 is 4.79 Å². The Morgan fingerprint density at radius 2 is 2.15 bits per heavy atom. The van der Waals surface area contributed by atoms with Crippen LogP contribution in [0.5, 0.6) is 0 Å². The third-order valence-corrected chi connectivity index (χ3v) is 5.59. The summed E-state index contributed by atoms with van der Waals surface area (Å²) in [4.78, 5) is 15.1. The minimum Gasteiger partial charge on any atom is -0.350 e. The van der Waals surface area contributed by atoms with Gasteiger partial charge in [0.05, 0.1) is 6.04 Å². The summed E-state index contributed by atoms with van der Waals surface area (Å²) in [6, 6.07) is 1.05. The molecule has 4 heteroatoms. The summed E-state index contributed by atoms with van der Waals surface area (Å²) in [5.41, 5.74) is 0. The van der Waals surface area contributed by atoms with E-state index in [4.69, 9.17) is 0 Å². The van der Waals surface area contributed by atoms with Crippen molar-refractivity contribution in [3.05, 3.63) is 0 Å². The average Bonchev–Trinajstić information content (AvgIpc) is 2.90. The largest absolute Gasteiger partial charge is 0.350 e. The normalized spacial score (nSPS) is 38.5. The van der Waals surface area contributed by atoms with Gasteiger partial charge in [-0.3, -0.25) is 9.69 Å². The van der Waals surface area contributed by atoms with Gasteiger partial charge in [0.2, 0.25) is 5.91 Å². The van der Waals surface area contributed by atoms with Gasteiger partial charge in [-0.15, -0.1) is 0 Å². The van der Waals surface area contributed by atoms with Gasteiger partial charge in [0, 0.05) is 18.6 Å². The highest BCUT2D eigenvalue weighted by atomic mass is 16.2. The first-order valence-corrected chi connectivity index (χ1v) is 8.55. The zero-order chi connectivity index (χ0) is 13.9. The van der Waals surface area contributed by atoms with Crippen LogP contribution >= 0.6 is 0 Å². The van der Waals surface area contributed by atoms with Crippen LogP contribution in [0, 0.1) is 5.92 Å². The second-order valence-electron chi connectivity index (χ2n) is 6.81. The molecule has 3 fully saturated rings. The van der Waals surface area contributed by atoms with Crippen molar-refractivity contribution >= 4 is 5.91 Å². The van der Waals surface area contributed by atoms with Crippen molar-refractivity contribution in [3.63, 3.8) is 0 Å². The zero-order valence-electron chi connectivity index (χ0n) is 12.7. The third-order valence-electron chi connectivity index (χ3n) is 5.59. The quantitative estimate of drug-likeness (QED) is 0.823. The van der Waals surface area contributed by atoms with Gasteiger partial charge in [-0.2, -0.15) is 0 Å². The fourth-order valence-electron chi connectivity index (χ4n) is 4.27. The Labute approximate surface area is 122 Å². The summed E-state index contributed by atoms with van der Waals surface area (Å²) < 4.78 is 0. The lowest BCUT2D eigenvalue weighted by molar-refractivity contribution is -0.125. The van der Waals surface area contributed by atoms with Gasteiger partial charge in [-0.05, 0) is 51.1 Å². The predicted octanol–water partition coefficient (Wildman–Crippen LogP) is 1.51. The SMILES string of the molecule is CCC1CCNC(C(=O)NC2CCN3CCCCC23)C1. The Morgan fingerprint density at radius 1 is 1.25 bits per heavy atom. The lowest BCUT2D eigenvalue weighted by atomic mass is 9.89. The van der Waals surface area contributed by atoms with Gasteiger partial charge in [0.25, 0.3) is 0 Å². The Hall–Kier alpha value is -0.610. The maximum atomic E-state index is 12.5. The molecule has 3 rings (SSSR count). The molecule has 3 aliphatic rings. The number of carbonyl (C=O) groups excluding carboxylic acids is 1. The molecule has 0 spiro atoms. The van der Waals surface area contributed by atoms with Crippen molar-refractivity contribution in [2.24, 2.45) is 5.92 Å². The first-order valence-electron chi connectivity index (χ1n) is 8.55. The van der Waals surface area contributed by atoms with Crippen molar-refractivity contribution in [3.8, 4) is 0 Å². The van der Waals surface area contributed by atoms with E-state index in [-0.39, 0.29) is 11.9 Å². The van der Waals surface area contributed by atoms with Crippen molar-refractivity contribution in [1.29, 1.82) is 0 Å². The summed E-state index contributed by atoms with van der Waals surface area (Å²) in [7, 11) is 0. The molecule has 0 aliphatic carbocycles. The maximum absolute atomic E-state index is 12.5. The fraction of sp³-hybridized carbons (Fsp3) is 0.938. The van der Waals surface area contributed by atoms with Gasteiger partial charge >= 0.3 is 0 Å². The van der Waals surface area contributed by atoms with Crippen LogP contribution in [-0.2, 0) is 4.79 Å². The topological polar surface area (TPSA) is 44.4 Å². The Bertz CT molecular complexity index is 347. The van der Waals surface area contributed by atoms with E-state index in [1.165, 1.54) is 45.2 Å². The monoisotopic (exact) mass is 279 g/mol. The molecule has 0 aromatic rings. The number of piperidine rings is 2. The molecular weight excluding hydrogens is 250 g/mol. The highest BCUT2D eigenvalue weighted by Gasteiger charge is 2.37. The van der Waals surface area contributed by atoms with E-state index < -0.39 is 0 Å². The second-order valence-corrected chi connectivity index (χ2v) is 6.81. The third kappa shape index (κ3) is 3.01. The first kappa shape index (κ1) is 14.3. The second kappa shape index (κ2) is 6.44. The maximum Gasteiger partial charge on any atom is 0.237 e. The highest BCUT2D eigenvalue weighted by Crippen LogP contribution is 2.27. The molecule has 4 unspecified atom stereocenters. The molecular formula is C16H29N3O.